The Kier molecular flexibility index (Phi) is 2.92. The number of rotatable bonds is 2. The summed E-state index contributed by atoms with van der Waals surface area (Å²) in [6, 6.07) is 7.86. The lowest BCUT2D eigenvalue weighted by atomic mass is 9.90. The summed E-state index contributed by atoms with van der Waals surface area (Å²) in [5.41, 5.74) is 0.963. The van der Waals surface area contributed by atoms with Crippen molar-refractivity contribution in [3.8, 4) is 6.07 Å². The first-order chi connectivity index (χ1) is 7.59. The van der Waals surface area contributed by atoms with Gasteiger partial charge in [-0.05, 0) is 34.5 Å². The van der Waals surface area contributed by atoms with Crippen LogP contribution in [0.5, 0.6) is 0 Å². The highest BCUT2D eigenvalue weighted by molar-refractivity contribution is 9.10. The standard InChI is InChI=1S/C12H13BrN2O/c1-2-12(16)7-15(8-12)11-5-3-4-10(13)9(11)6-14/h3-5,16H,2,7-8H2,1H3. The molecular formula is C12H13BrN2O. The Labute approximate surface area is 103 Å². The minimum atomic E-state index is -0.574. The van der Waals surface area contributed by atoms with E-state index in [1.54, 1.807) is 0 Å². The first-order valence-electron chi connectivity index (χ1n) is 5.25. The predicted molar refractivity (Wildman–Crippen MR) is 66.3 cm³/mol. The zero-order valence-corrected chi connectivity index (χ0v) is 10.7. The Hall–Kier alpha value is -1.05. The van der Waals surface area contributed by atoms with E-state index in [-0.39, 0.29) is 0 Å². The van der Waals surface area contributed by atoms with Gasteiger partial charge < -0.3 is 10.0 Å². The molecule has 0 unspecified atom stereocenters. The number of benzene rings is 1. The van der Waals surface area contributed by atoms with E-state index in [1.807, 2.05) is 30.0 Å². The average Bonchev–Trinajstić information content (AvgIpc) is 2.24. The molecule has 16 heavy (non-hydrogen) atoms. The minimum Gasteiger partial charge on any atom is -0.386 e. The molecule has 1 aliphatic heterocycles. The van der Waals surface area contributed by atoms with Crippen molar-refractivity contribution in [1.29, 1.82) is 5.26 Å². The summed E-state index contributed by atoms with van der Waals surface area (Å²) in [4.78, 5) is 2.03. The van der Waals surface area contributed by atoms with Crippen LogP contribution in [0.2, 0.25) is 0 Å². The predicted octanol–water partition coefficient (Wildman–Crippen LogP) is 2.28. The topological polar surface area (TPSA) is 47.3 Å². The van der Waals surface area contributed by atoms with Crippen molar-refractivity contribution >= 4 is 21.6 Å². The van der Waals surface area contributed by atoms with Gasteiger partial charge in [-0.3, -0.25) is 0 Å². The molecule has 0 aliphatic carbocycles. The fraction of sp³-hybridized carbons (Fsp3) is 0.417. The summed E-state index contributed by atoms with van der Waals surface area (Å²) in [6.07, 6.45) is 0.749. The summed E-state index contributed by atoms with van der Waals surface area (Å²) >= 11 is 3.36. The van der Waals surface area contributed by atoms with Gasteiger partial charge in [0, 0.05) is 17.6 Å². The molecular weight excluding hydrogens is 268 g/mol. The van der Waals surface area contributed by atoms with Gasteiger partial charge in [-0.15, -0.1) is 0 Å². The molecule has 1 heterocycles. The maximum Gasteiger partial charge on any atom is 0.103 e. The number of anilines is 1. The second-order valence-corrected chi connectivity index (χ2v) is 5.03. The van der Waals surface area contributed by atoms with E-state index in [9.17, 15) is 5.11 Å². The van der Waals surface area contributed by atoms with E-state index in [1.165, 1.54) is 0 Å². The van der Waals surface area contributed by atoms with Crippen LogP contribution >= 0.6 is 15.9 Å². The lowest BCUT2D eigenvalue weighted by Crippen LogP contribution is -2.61. The van der Waals surface area contributed by atoms with Crippen LogP contribution in [0.15, 0.2) is 22.7 Å². The van der Waals surface area contributed by atoms with Crippen LogP contribution in [-0.4, -0.2) is 23.8 Å². The first-order valence-corrected chi connectivity index (χ1v) is 6.05. The van der Waals surface area contributed by atoms with Gasteiger partial charge in [0.2, 0.25) is 0 Å². The smallest absolute Gasteiger partial charge is 0.103 e. The molecule has 1 aromatic rings. The lowest BCUT2D eigenvalue weighted by molar-refractivity contribution is 0.00850. The number of halogens is 1. The van der Waals surface area contributed by atoms with Crippen molar-refractivity contribution in [3.05, 3.63) is 28.2 Å². The highest BCUT2D eigenvalue weighted by Crippen LogP contribution is 2.34. The Bertz CT molecular complexity index is 447. The van der Waals surface area contributed by atoms with Gasteiger partial charge in [0.05, 0.1) is 16.9 Å². The molecule has 3 nitrogen and oxygen atoms in total. The molecule has 2 rings (SSSR count). The van der Waals surface area contributed by atoms with E-state index >= 15 is 0 Å². The summed E-state index contributed by atoms with van der Waals surface area (Å²) < 4.78 is 0.805. The van der Waals surface area contributed by atoms with Crippen molar-refractivity contribution in [2.75, 3.05) is 18.0 Å². The monoisotopic (exact) mass is 280 g/mol. The summed E-state index contributed by atoms with van der Waals surface area (Å²) in [5, 5.41) is 19.0. The van der Waals surface area contributed by atoms with E-state index < -0.39 is 5.60 Å². The van der Waals surface area contributed by atoms with Crippen molar-refractivity contribution in [2.24, 2.45) is 0 Å². The van der Waals surface area contributed by atoms with Crippen molar-refractivity contribution in [1.82, 2.24) is 0 Å². The number of β-amino-alcohol motifs (C(OH)–C–C–N with tert-alkyl or cyclic N) is 1. The third-order valence-electron chi connectivity index (χ3n) is 3.07. The SMILES string of the molecule is CCC1(O)CN(c2cccc(Br)c2C#N)C1. The molecule has 0 radical (unpaired) electrons. The van der Waals surface area contributed by atoms with Crippen LogP contribution in [-0.2, 0) is 0 Å². The summed E-state index contributed by atoms with van der Waals surface area (Å²) in [6.45, 7) is 3.19. The molecule has 1 N–H and O–H groups in total. The molecule has 1 saturated heterocycles. The molecule has 0 bridgehead atoms. The largest absolute Gasteiger partial charge is 0.386 e. The van der Waals surface area contributed by atoms with E-state index in [2.05, 4.69) is 22.0 Å². The average molecular weight is 281 g/mol. The third kappa shape index (κ3) is 1.81. The zero-order chi connectivity index (χ0) is 11.8. The number of aliphatic hydroxyl groups is 1. The van der Waals surface area contributed by atoms with Gasteiger partial charge >= 0.3 is 0 Å². The third-order valence-corrected chi connectivity index (χ3v) is 3.73. The van der Waals surface area contributed by atoms with Crippen LogP contribution in [0.1, 0.15) is 18.9 Å². The molecule has 0 amide bonds. The zero-order valence-electron chi connectivity index (χ0n) is 9.07. The van der Waals surface area contributed by atoms with Crippen molar-refractivity contribution in [3.63, 3.8) is 0 Å². The number of hydrogen-bond donors (Lipinski definition) is 1. The molecule has 0 atom stereocenters. The lowest BCUT2D eigenvalue weighted by Gasteiger charge is -2.47. The Morgan fingerprint density at radius 2 is 2.25 bits per heavy atom. The van der Waals surface area contributed by atoms with E-state index in [0.717, 1.165) is 16.6 Å². The molecule has 0 saturated carbocycles. The Morgan fingerprint density at radius 3 is 2.81 bits per heavy atom. The van der Waals surface area contributed by atoms with Gasteiger partial charge in [0.15, 0.2) is 0 Å². The highest BCUT2D eigenvalue weighted by atomic mass is 79.9. The highest BCUT2D eigenvalue weighted by Gasteiger charge is 2.40. The fourth-order valence-electron chi connectivity index (χ4n) is 1.95. The Balaban J connectivity index is 2.25. The number of nitrogens with zero attached hydrogens (tertiary/aromatic N) is 2. The second-order valence-electron chi connectivity index (χ2n) is 4.18. The van der Waals surface area contributed by atoms with Crippen LogP contribution < -0.4 is 4.90 Å². The fourth-order valence-corrected chi connectivity index (χ4v) is 2.39. The number of nitriles is 1. The van der Waals surface area contributed by atoms with Crippen molar-refractivity contribution < 1.29 is 5.11 Å². The molecule has 1 fully saturated rings. The van der Waals surface area contributed by atoms with Gasteiger partial charge in [-0.2, -0.15) is 5.26 Å². The summed E-state index contributed by atoms with van der Waals surface area (Å²) in [7, 11) is 0. The van der Waals surface area contributed by atoms with E-state index in [4.69, 9.17) is 5.26 Å². The van der Waals surface area contributed by atoms with Gasteiger partial charge in [-0.1, -0.05) is 13.0 Å². The van der Waals surface area contributed by atoms with Gasteiger partial charge in [0.25, 0.3) is 0 Å². The number of hydrogen-bond acceptors (Lipinski definition) is 3. The van der Waals surface area contributed by atoms with Crippen LogP contribution in [0.3, 0.4) is 0 Å². The van der Waals surface area contributed by atoms with Crippen LogP contribution in [0.4, 0.5) is 5.69 Å². The maximum absolute atomic E-state index is 9.95. The Morgan fingerprint density at radius 1 is 1.56 bits per heavy atom. The normalized spacial score (nSPS) is 17.8. The maximum atomic E-state index is 9.95. The minimum absolute atomic E-state index is 0.574. The quantitative estimate of drug-likeness (QED) is 0.904. The van der Waals surface area contributed by atoms with Crippen molar-refractivity contribution in [2.45, 2.75) is 18.9 Å². The molecule has 1 aliphatic rings. The molecule has 0 aromatic heterocycles. The van der Waals surface area contributed by atoms with E-state index in [0.29, 0.717) is 18.7 Å². The molecule has 84 valence electrons. The van der Waals surface area contributed by atoms with Crippen LogP contribution in [0, 0.1) is 11.3 Å². The second kappa shape index (κ2) is 4.08. The molecule has 1 aromatic carbocycles. The first kappa shape index (κ1) is 11.4. The summed E-state index contributed by atoms with van der Waals surface area (Å²) in [5.74, 6) is 0. The van der Waals surface area contributed by atoms with Crippen LogP contribution in [0.25, 0.3) is 0 Å². The molecule has 0 spiro atoms. The van der Waals surface area contributed by atoms with Gasteiger partial charge in [0.1, 0.15) is 6.07 Å². The van der Waals surface area contributed by atoms with Gasteiger partial charge in [-0.25, -0.2) is 0 Å². The molecule has 4 heteroatoms.